The van der Waals surface area contributed by atoms with Gasteiger partial charge >= 0.3 is 5.97 Å². The van der Waals surface area contributed by atoms with Crippen LogP contribution in [0.25, 0.3) is 0 Å². The van der Waals surface area contributed by atoms with Gasteiger partial charge in [0, 0.05) is 24.9 Å². The van der Waals surface area contributed by atoms with Crippen molar-refractivity contribution < 1.29 is 14.7 Å². The number of aliphatic carboxylic acids is 1. The van der Waals surface area contributed by atoms with E-state index in [4.69, 9.17) is 5.11 Å². The largest absolute Gasteiger partial charge is 0.480 e. The molecule has 0 bridgehead atoms. The molecule has 1 aromatic rings. The Morgan fingerprint density at radius 3 is 2.55 bits per heavy atom. The average Bonchev–Trinajstić information content (AvgIpc) is 2.60. The summed E-state index contributed by atoms with van der Waals surface area (Å²) in [5, 5.41) is 15.8. The van der Waals surface area contributed by atoms with E-state index in [1.165, 1.54) is 11.8 Å². The van der Waals surface area contributed by atoms with Crippen LogP contribution >= 0.6 is 11.8 Å². The minimum Gasteiger partial charge on any atom is -0.480 e. The Morgan fingerprint density at radius 2 is 2.10 bits per heavy atom. The van der Waals surface area contributed by atoms with Crippen molar-refractivity contribution in [1.82, 2.24) is 15.1 Å². The zero-order chi connectivity index (χ0) is 15.3. The second-order valence-electron chi connectivity index (χ2n) is 4.69. The predicted molar refractivity (Wildman–Crippen MR) is 79.0 cm³/mol. The fourth-order valence-corrected chi connectivity index (χ4v) is 2.58. The number of carboxylic acids is 1. The van der Waals surface area contributed by atoms with Gasteiger partial charge < -0.3 is 10.4 Å². The molecule has 7 heteroatoms. The zero-order valence-electron chi connectivity index (χ0n) is 12.3. The summed E-state index contributed by atoms with van der Waals surface area (Å²) >= 11 is 1.39. The third-order valence-corrected chi connectivity index (χ3v) is 3.89. The van der Waals surface area contributed by atoms with Crippen LogP contribution in [0.4, 0.5) is 0 Å². The van der Waals surface area contributed by atoms with Gasteiger partial charge in [-0.2, -0.15) is 16.9 Å². The summed E-state index contributed by atoms with van der Waals surface area (Å²) in [6.07, 6.45) is 2.65. The van der Waals surface area contributed by atoms with E-state index in [0.717, 1.165) is 17.0 Å². The van der Waals surface area contributed by atoms with Crippen LogP contribution in [0.15, 0.2) is 0 Å². The predicted octanol–water partition coefficient (Wildman–Crippen LogP) is 0.902. The summed E-state index contributed by atoms with van der Waals surface area (Å²) < 4.78 is 1.79. The second kappa shape index (κ2) is 7.33. The molecule has 0 aliphatic carbocycles. The van der Waals surface area contributed by atoms with Crippen LogP contribution in [0, 0.1) is 13.8 Å². The quantitative estimate of drug-likeness (QED) is 0.781. The van der Waals surface area contributed by atoms with E-state index in [1.807, 2.05) is 27.2 Å². The average molecular weight is 299 g/mol. The number of hydrogen-bond donors (Lipinski definition) is 2. The maximum absolute atomic E-state index is 11.8. The van der Waals surface area contributed by atoms with Crippen LogP contribution in [0.3, 0.4) is 0 Å². The number of rotatable bonds is 7. The van der Waals surface area contributed by atoms with Gasteiger partial charge in [0.2, 0.25) is 5.91 Å². The molecule has 0 unspecified atom stereocenters. The molecule has 1 rings (SSSR count). The fourth-order valence-electron chi connectivity index (χ4n) is 2.03. The van der Waals surface area contributed by atoms with Crippen molar-refractivity contribution in [3.8, 4) is 0 Å². The molecule has 0 fully saturated rings. The van der Waals surface area contributed by atoms with E-state index in [2.05, 4.69) is 10.4 Å². The van der Waals surface area contributed by atoms with E-state index >= 15 is 0 Å². The van der Waals surface area contributed by atoms with Crippen molar-refractivity contribution >= 4 is 23.6 Å². The molecule has 0 aromatic carbocycles. The van der Waals surface area contributed by atoms with Gasteiger partial charge in [0.15, 0.2) is 0 Å². The van der Waals surface area contributed by atoms with Crippen LogP contribution in [0.2, 0.25) is 0 Å². The van der Waals surface area contributed by atoms with Crippen LogP contribution in [-0.2, 0) is 23.1 Å². The Bertz CT molecular complexity index is 499. The molecule has 6 nitrogen and oxygen atoms in total. The van der Waals surface area contributed by atoms with Crippen molar-refractivity contribution in [1.29, 1.82) is 0 Å². The molecule has 0 radical (unpaired) electrons. The third kappa shape index (κ3) is 4.26. The number of nitrogens with one attached hydrogen (secondary N) is 1. The molecule has 20 heavy (non-hydrogen) atoms. The van der Waals surface area contributed by atoms with Crippen LogP contribution in [0.5, 0.6) is 0 Å². The number of hydrogen-bond acceptors (Lipinski definition) is 4. The molecule has 1 atom stereocenters. The molecule has 0 spiro atoms. The molecular weight excluding hydrogens is 278 g/mol. The highest BCUT2D eigenvalue weighted by Gasteiger charge is 2.19. The fraction of sp³-hybridized carbons (Fsp3) is 0.615. The highest BCUT2D eigenvalue weighted by molar-refractivity contribution is 7.98. The summed E-state index contributed by atoms with van der Waals surface area (Å²) in [6, 6.07) is -0.825. The number of aromatic nitrogens is 2. The standard InChI is InChI=1S/C13H21N3O3S/c1-8-10(9(2)16(3)15-8)5-6-12(17)14-11(7-20-4)13(18)19/h11H,5-7H2,1-4H3,(H,14,17)(H,18,19)/t11-/m0/s1. The van der Waals surface area contributed by atoms with Crippen LogP contribution in [0.1, 0.15) is 23.4 Å². The molecular formula is C13H21N3O3S. The van der Waals surface area contributed by atoms with Crippen molar-refractivity contribution in [3.63, 3.8) is 0 Å². The van der Waals surface area contributed by atoms with Crippen molar-refractivity contribution in [3.05, 3.63) is 17.0 Å². The molecule has 0 aliphatic heterocycles. The molecule has 0 aliphatic rings. The minimum atomic E-state index is -0.999. The molecule has 0 saturated heterocycles. The topological polar surface area (TPSA) is 84.2 Å². The first-order chi connectivity index (χ1) is 9.36. The number of aryl methyl sites for hydroxylation is 2. The van der Waals surface area contributed by atoms with E-state index in [1.54, 1.807) is 4.68 Å². The van der Waals surface area contributed by atoms with Crippen LogP contribution < -0.4 is 5.32 Å². The summed E-state index contributed by atoms with van der Waals surface area (Å²) in [5.41, 5.74) is 3.00. The number of amides is 1. The molecule has 112 valence electrons. The summed E-state index contributed by atoms with van der Waals surface area (Å²) in [4.78, 5) is 22.8. The molecule has 1 heterocycles. The van der Waals surface area contributed by atoms with E-state index in [0.29, 0.717) is 12.2 Å². The van der Waals surface area contributed by atoms with Gasteiger partial charge in [0.05, 0.1) is 5.69 Å². The summed E-state index contributed by atoms with van der Waals surface area (Å²) in [5.74, 6) is -0.873. The monoisotopic (exact) mass is 299 g/mol. The normalized spacial score (nSPS) is 12.2. The number of carbonyl (C=O) groups is 2. The molecule has 1 amide bonds. The Morgan fingerprint density at radius 1 is 1.45 bits per heavy atom. The van der Waals surface area contributed by atoms with Gasteiger partial charge in [-0.1, -0.05) is 0 Å². The lowest BCUT2D eigenvalue weighted by molar-refractivity contribution is -0.141. The zero-order valence-corrected chi connectivity index (χ0v) is 13.1. The van der Waals surface area contributed by atoms with Crippen molar-refractivity contribution in [2.24, 2.45) is 7.05 Å². The molecule has 1 aromatic heterocycles. The van der Waals surface area contributed by atoms with Crippen molar-refractivity contribution in [2.75, 3.05) is 12.0 Å². The van der Waals surface area contributed by atoms with E-state index < -0.39 is 12.0 Å². The van der Waals surface area contributed by atoms with Crippen LogP contribution in [-0.4, -0.2) is 44.8 Å². The maximum atomic E-state index is 11.8. The molecule has 0 saturated carbocycles. The highest BCUT2D eigenvalue weighted by Crippen LogP contribution is 2.14. The number of carbonyl (C=O) groups excluding carboxylic acids is 1. The first-order valence-corrected chi connectivity index (χ1v) is 7.76. The number of thioether (sulfide) groups is 1. The lowest BCUT2D eigenvalue weighted by Gasteiger charge is -2.13. The van der Waals surface area contributed by atoms with E-state index in [-0.39, 0.29) is 12.3 Å². The summed E-state index contributed by atoms with van der Waals surface area (Å²) in [6.45, 7) is 3.87. The van der Waals surface area contributed by atoms with Crippen molar-refractivity contribution in [2.45, 2.75) is 32.7 Å². The lowest BCUT2D eigenvalue weighted by atomic mass is 10.1. The SMILES string of the molecule is CSC[C@H](NC(=O)CCc1c(C)nn(C)c1C)C(=O)O. The van der Waals surface area contributed by atoms with Gasteiger partial charge in [-0.15, -0.1) is 0 Å². The Labute approximate surface area is 122 Å². The Kier molecular flexibility index (Phi) is 6.06. The van der Waals surface area contributed by atoms with E-state index in [9.17, 15) is 9.59 Å². The molecule has 2 N–H and O–H groups in total. The maximum Gasteiger partial charge on any atom is 0.327 e. The summed E-state index contributed by atoms with van der Waals surface area (Å²) in [7, 11) is 1.87. The lowest BCUT2D eigenvalue weighted by Crippen LogP contribution is -2.42. The minimum absolute atomic E-state index is 0.242. The first-order valence-electron chi connectivity index (χ1n) is 6.37. The third-order valence-electron chi connectivity index (χ3n) is 3.23. The Balaban J connectivity index is 2.56. The van der Waals surface area contributed by atoms with Gasteiger partial charge in [0.25, 0.3) is 0 Å². The van der Waals surface area contributed by atoms with Gasteiger partial charge in [-0.3, -0.25) is 9.48 Å². The highest BCUT2D eigenvalue weighted by atomic mass is 32.2. The number of carboxylic acid groups (broad SMARTS) is 1. The first kappa shape index (κ1) is 16.6. The second-order valence-corrected chi connectivity index (χ2v) is 5.60. The van der Waals surface area contributed by atoms with Gasteiger partial charge in [-0.25, -0.2) is 4.79 Å². The number of nitrogens with zero attached hydrogens (tertiary/aromatic N) is 2. The van der Waals surface area contributed by atoms with Gasteiger partial charge in [0.1, 0.15) is 6.04 Å². The van der Waals surface area contributed by atoms with Gasteiger partial charge in [-0.05, 0) is 32.1 Å². The smallest absolute Gasteiger partial charge is 0.327 e. The Hall–Kier alpha value is -1.50.